The van der Waals surface area contributed by atoms with Gasteiger partial charge in [-0.2, -0.15) is 8.78 Å². The first-order valence-electron chi connectivity index (χ1n) is 8.00. The number of amides is 1. The molecule has 25 heavy (non-hydrogen) atoms. The smallest absolute Gasteiger partial charge is 0.341 e. The van der Waals surface area contributed by atoms with E-state index in [2.05, 4.69) is 9.88 Å². The van der Waals surface area contributed by atoms with Gasteiger partial charge in [-0.3, -0.25) is 9.78 Å². The van der Waals surface area contributed by atoms with Gasteiger partial charge in [0, 0.05) is 55.1 Å². The Morgan fingerprint density at radius 1 is 1.24 bits per heavy atom. The van der Waals surface area contributed by atoms with E-state index in [1.54, 1.807) is 4.90 Å². The molecule has 0 radical (unpaired) electrons. The summed E-state index contributed by atoms with van der Waals surface area (Å²) in [6.07, 6.45) is 1.26. The van der Waals surface area contributed by atoms with Gasteiger partial charge in [-0.25, -0.2) is 0 Å². The maximum Gasteiger partial charge on any atom is 0.341 e. The third-order valence-electron chi connectivity index (χ3n) is 4.17. The fraction of sp³-hybridized carbons (Fsp3) is 0.333. The van der Waals surface area contributed by atoms with Gasteiger partial charge < -0.3 is 9.80 Å². The molecule has 1 amide bonds. The normalized spacial score (nSPS) is 16.0. The third-order valence-corrected chi connectivity index (χ3v) is 4.30. The van der Waals surface area contributed by atoms with Crippen LogP contribution in [0.2, 0.25) is 0 Å². The summed E-state index contributed by atoms with van der Waals surface area (Å²) < 4.78 is 25.2. The first-order chi connectivity index (χ1) is 11.8. The van der Waals surface area contributed by atoms with E-state index in [-0.39, 0.29) is 0 Å². The minimum absolute atomic E-state index is 0.420. The van der Waals surface area contributed by atoms with Crippen LogP contribution < -0.4 is 4.90 Å². The second-order valence-corrected chi connectivity index (χ2v) is 6.49. The Hall–Kier alpha value is -2.21. The first kappa shape index (κ1) is 17.6. The Labute approximate surface area is 149 Å². The predicted molar refractivity (Wildman–Crippen MR) is 95.2 cm³/mol. The SMILES string of the molecule is Cc1cc(N2CCN(C(=O)/C=C\C(F)(F)Cl)CC2)c2ccccc2n1. The molecule has 0 saturated carbocycles. The quantitative estimate of drug-likeness (QED) is 0.616. The zero-order valence-electron chi connectivity index (χ0n) is 13.8. The van der Waals surface area contributed by atoms with Crippen LogP contribution in [-0.4, -0.2) is 47.4 Å². The summed E-state index contributed by atoms with van der Waals surface area (Å²) in [7, 11) is 0. The number of aryl methyl sites for hydroxylation is 1. The molecule has 0 N–H and O–H groups in total. The maximum absolute atomic E-state index is 12.6. The predicted octanol–water partition coefficient (Wildman–Crippen LogP) is 3.58. The number of halogens is 3. The van der Waals surface area contributed by atoms with Crippen LogP contribution in [0.1, 0.15) is 5.69 Å². The average Bonchev–Trinajstić information content (AvgIpc) is 2.58. The van der Waals surface area contributed by atoms with E-state index in [9.17, 15) is 13.6 Å². The summed E-state index contributed by atoms with van der Waals surface area (Å²) >= 11 is 4.78. The standard InChI is InChI=1S/C18H18ClF2N3O/c1-13-12-16(14-4-2-3-5-15(14)22-13)23-8-10-24(11-9-23)17(25)6-7-18(19,20)21/h2-7,12H,8-11H2,1H3/b7-6-. The van der Waals surface area contributed by atoms with Crippen molar-refractivity contribution in [1.29, 1.82) is 0 Å². The van der Waals surface area contributed by atoms with Crippen LogP contribution >= 0.6 is 11.6 Å². The zero-order chi connectivity index (χ0) is 18.0. The molecule has 0 aliphatic carbocycles. The molecule has 3 rings (SSSR count). The molecule has 4 nitrogen and oxygen atoms in total. The zero-order valence-corrected chi connectivity index (χ0v) is 14.5. The largest absolute Gasteiger partial charge is 0.367 e. The Balaban J connectivity index is 1.73. The lowest BCUT2D eigenvalue weighted by Gasteiger charge is -2.36. The topological polar surface area (TPSA) is 36.4 Å². The van der Waals surface area contributed by atoms with Gasteiger partial charge >= 0.3 is 5.38 Å². The number of allylic oxidation sites excluding steroid dienone is 1. The molecular formula is C18H18ClF2N3O. The highest BCUT2D eigenvalue weighted by Gasteiger charge is 2.24. The minimum atomic E-state index is -3.50. The van der Waals surface area contributed by atoms with Crippen molar-refractivity contribution < 1.29 is 13.6 Å². The van der Waals surface area contributed by atoms with E-state index >= 15 is 0 Å². The Bertz CT molecular complexity index is 812. The number of carbonyl (C=O) groups is 1. The fourth-order valence-electron chi connectivity index (χ4n) is 2.99. The number of alkyl halides is 3. The molecule has 7 heteroatoms. The lowest BCUT2D eigenvalue weighted by Crippen LogP contribution is -2.48. The number of benzene rings is 1. The number of rotatable bonds is 3. The Kier molecular flexibility index (Phi) is 4.90. The van der Waals surface area contributed by atoms with Gasteiger partial charge in [0.25, 0.3) is 0 Å². The van der Waals surface area contributed by atoms with E-state index in [0.717, 1.165) is 28.4 Å². The molecule has 0 spiro atoms. The van der Waals surface area contributed by atoms with Gasteiger partial charge in [-0.15, -0.1) is 0 Å². The van der Waals surface area contributed by atoms with E-state index in [1.165, 1.54) is 0 Å². The first-order valence-corrected chi connectivity index (χ1v) is 8.37. The van der Waals surface area contributed by atoms with Crippen LogP contribution in [0.15, 0.2) is 42.5 Å². The minimum Gasteiger partial charge on any atom is -0.367 e. The van der Waals surface area contributed by atoms with Crippen LogP contribution in [0.25, 0.3) is 10.9 Å². The van der Waals surface area contributed by atoms with Gasteiger partial charge in [0.1, 0.15) is 0 Å². The highest BCUT2D eigenvalue weighted by molar-refractivity contribution is 6.23. The molecule has 132 valence electrons. The summed E-state index contributed by atoms with van der Waals surface area (Å²) in [6, 6.07) is 9.96. The van der Waals surface area contributed by atoms with Crippen LogP contribution in [0, 0.1) is 6.92 Å². The van der Waals surface area contributed by atoms with E-state index in [1.807, 2.05) is 37.3 Å². The van der Waals surface area contributed by atoms with Crippen LogP contribution in [0.3, 0.4) is 0 Å². The number of aromatic nitrogens is 1. The number of hydrogen-bond acceptors (Lipinski definition) is 3. The van der Waals surface area contributed by atoms with Crippen molar-refractivity contribution in [2.75, 3.05) is 31.1 Å². The summed E-state index contributed by atoms with van der Waals surface area (Å²) in [5, 5.41) is -2.43. The van der Waals surface area contributed by atoms with Crippen molar-refractivity contribution in [2.45, 2.75) is 12.3 Å². The monoisotopic (exact) mass is 365 g/mol. The maximum atomic E-state index is 12.6. The summed E-state index contributed by atoms with van der Waals surface area (Å²) in [5.74, 6) is -0.448. The second-order valence-electron chi connectivity index (χ2n) is 5.99. The lowest BCUT2D eigenvalue weighted by molar-refractivity contribution is -0.126. The number of carbonyl (C=O) groups excluding carboxylic acids is 1. The Morgan fingerprint density at radius 3 is 2.60 bits per heavy atom. The van der Waals surface area contributed by atoms with Crippen LogP contribution in [-0.2, 0) is 4.79 Å². The number of anilines is 1. The molecule has 2 heterocycles. The van der Waals surface area contributed by atoms with Gasteiger partial charge in [0.2, 0.25) is 5.91 Å². The van der Waals surface area contributed by atoms with E-state index in [4.69, 9.17) is 11.6 Å². The molecule has 1 saturated heterocycles. The molecule has 1 fully saturated rings. The highest BCUT2D eigenvalue weighted by atomic mass is 35.5. The van der Waals surface area contributed by atoms with Crippen molar-refractivity contribution >= 4 is 34.1 Å². The van der Waals surface area contributed by atoms with Crippen LogP contribution in [0.4, 0.5) is 14.5 Å². The van der Waals surface area contributed by atoms with Gasteiger partial charge in [-0.1, -0.05) is 18.2 Å². The molecule has 2 aromatic rings. The number of fused-ring (bicyclic) bond motifs is 1. The summed E-state index contributed by atoms with van der Waals surface area (Å²) in [5.41, 5.74) is 2.95. The number of hydrogen-bond donors (Lipinski definition) is 0. The number of nitrogens with zero attached hydrogens (tertiary/aromatic N) is 3. The lowest BCUT2D eigenvalue weighted by atomic mass is 10.1. The fourth-order valence-corrected chi connectivity index (χ4v) is 3.05. The number of pyridine rings is 1. The van der Waals surface area contributed by atoms with Gasteiger partial charge in [0.15, 0.2) is 0 Å². The molecule has 1 aliphatic heterocycles. The Morgan fingerprint density at radius 2 is 1.92 bits per heavy atom. The highest BCUT2D eigenvalue weighted by Crippen LogP contribution is 2.27. The van der Waals surface area contributed by atoms with Crippen molar-refractivity contribution in [3.8, 4) is 0 Å². The molecule has 1 aromatic carbocycles. The molecule has 1 aliphatic rings. The van der Waals surface area contributed by atoms with Gasteiger partial charge in [-0.05, 0) is 30.7 Å². The summed E-state index contributed by atoms with van der Waals surface area (Å²) in [6.45, 7) is 4.14. The van der Waals surface area contributed by atoms with E-state index in [0.29, 0.717) is 32.3 Å². The van der Waals surface area contributed by atoms with Crippen molar-refractivity contribution in [2.24, 2.45) is 0 Å². The molecule has 0 atom stereocenters. The molecule has 1 aromatic heterocycles. The van der Waals surface area contributed by atoms with Gasteiger partial charge in [0.05, 0.1) is 5.52 Å². The number of piperazine rings is 1. The molecular weight excluding hydrogens is 348 g/mol. The molecule has 0 unspecified atom stereocenters. The molecule has 0 bridgehead atoms. The van der Waals surface area contributed by atoms with Crippen LogP contribution in [0.5, 0.6) is 0 Å². The summed E-state index contributed by atoms with van der Waals surface area (Å²) in [4.78, 5) is 20.3. The third kappa shape index (κ3) is 4.25. The number of para-hydroxylation sites is 1. The average molecular weight is 366 g/mol. The second kappa shape index (κ2) is 6.96. The van der Waals surface area contributed by atoms with Crippen molar-refractivity contribution in [3.63, 3.8) is 0 Å². The van der Waals surface area contributed by atoms with E-state index < -0.39 is 11.3 Å². The van der Waals surface area contributed by atoms with Crippen molar-refractivity contribution in [3.05, 3.63) is 48.2 Å². The van der Waals surface area contributed by atoms with Crippen molar-refractivity contribution in [1.82, 2.24) is 9.88 Å².